The fourth-order valence-corrected chi connectivity index (χ4v) is 2.81. The second-order valence-corrected chi connectivity index (χ2v) is 6.25. The number of anilines is 1. The van der Waals surface area contributed by atoms with Crippen LogP contribution in [0, 0.1) is 6.92 Å². The van der Waals surface area contributed by atoms with Crippen LogP contribution in [0.2, 0.25) is 0 Å². The molecule has 1 amide bonds. The van der Waals surface area contributed by atoms with Crippen LogP contribution in [-0.4, -0.2) is 21.1 Å². The minimum atomic E-state index is -0.267. The van der Waals surface area contributed by atoms with E-state index in [4.69, 9.17) is 4.74 Å². The summed E-state index contributed by atoms with van der Waals surface area (Å²) in [7, 11) is 0. The number of H-pyrrole nitrogens is 1. The number of hydrogen-bond donors (Lipinski definition) is 2. The van der Waals surface area contributed by atoms with Crippen LogP contribution in [0.4, 0.5) is 5.69 Å². The number of carbonyl (C=O) groups is 1. The molecule has 2 heterocycles. The van der Waals surface area contributed by atoms with Gasteiger partial charge in [0.25, 0.3) is 5.91 Å². The van der Waals surface area contributed by atoms with Gasteiger partial charge in [0.05, 0.1) is 5.52 Å². The number of nitrogens with one attached hydrogen (secondary N) is 2. The summed E-state index contributed by atoms with van der Waals surface area (Å²) in [5.74, 6) is 0.399. The van der Waals surface area contributed by atoms with Crippen molar-refractivity contribution in [1.29, 1.82) is 0 Å². The zero-order valence-electron chi connectivity index (χ0n) is 14.8. The third kappa shape index (κ3) is 3.79. The molecular formula is C21H18N4O2. The van der Waals surface area contributed by atoms with Crippen molar-refractivity contribution in [3.63, 3.8) is 0 Å². The second-order valence-electron chi connectivity index (χ2n) is 6.25. The minimum absolute atomic E-state index is 0.267. The Morgan fingerprint density at radius 1 is 1.15 bits per heavy atom. The van der Waals surface area contributed by atoms with Crippen molar-refractivity contribution in [2.75, 3.05) is 5.32 Å². The van der Waals surface area contributed by atoms with E-state index in [0.29, 0.717) is 23.7 Å². The van der Waals surface area contributed by atoms with Gasteiger partial charge in [-0.3, -0.25) is 14.9 Å². The van der Waals surface area contributed by atoms with Gasteiger partial charge in [-0.15, -0.1) is 0 Å². The van der Waals surface area contributed by atoms with Crippen LogP contribution < -0.4 is 10.1 Å². The molecule has 0 spiro atoms. The molecule has 4 aromatic rings. The quantitative estimate of drug-likeness (QED) is 0.563. The molecule has 2 aromatic carbocycles. The van der Waals surface area contributed by atoms with E-state index in [1.165, 1.54) is 0 Å². The number of ether oxygens (including phenoxy) is 1. The highest BCUT2D eigenvalue weighted by Crippen LogP contribution is 2.21. The standard InChI is InChI=1S/C21H18N4O2/c1-14-7-8-19-18(10-14)20(25-24-19)21(26)23-16-5-2-6-17(11-16)27-13-15-4-3-9-22-12-15/h2-12H,13H2,1H3,(H,23,26)(H,24,25). The molecular weight excluding hydrogens is 340 g/mol. The lowest BCUT2D eigenvalue weighted by atomic mass is 10.1. The molecule has 0 aliphatic carbocycles. The van der Waals surface area contributed by atoms with E-state index in [2.05, 4.69) is 20.5 Å². The van der Waals surface area contributed by atoms with Gasteiger partial charge in [0.2, 0.25) is 0 Å². The Bertz CT molecular complexity index is 1090. The van der Waals surface area contributed by atoms with Crippen LogP contribution in [0.15, 0.2) is 67.0 Å². The van der Waals surface area contributed by atoms with Gasteiger partial charge in [-0.25, -0.2) is 0 Å². The Labute approximate surface area is 156 Å². The predicted molar refractivity (Wildman–Crippen MR) is 104 cm³/mol. The molecule has 0 aliphatic heterocycles. The van der Waals surface area contributed by atoms with Crippen LogP contribution in [0.25, 0.3) is 10.9 Å². The summed E-state index contributed by atoms with van der Waals surface area (Å²) < 4.78 is 5.78. The fourth-order valence-electron chi connectivity index (χ4n) is 2.81. The predicted octanol–water partition coefficient (Wildman–Crippen LogP) is 4.10. The molecule has 0 radical (unpaired) electrons. The largest absolute Gasteiger partial charge is 0.489 e. The third-order valence-electron chi connectivity index (χ3n) is 4.15. The molecule has 2 aromatic heterocycles. The first-order valence-electron chi connectivity index (χ1n) is 8.57. The Kier molecular flexibility index (Phi) is 4.53. The summed E-state index contributed by atoms with van der Waals surface area (Å²) in [5, 5.41) is 10.7. The van der Waals surface area contributed by atoms with Crippen LogP contribution >= 0.6 is 0 Å². The van der Waals surface area contributed by atoms with Crippen LogP contribution in [0.1, 0.15) is 21.6 Å². The van der Waals surface area contributed by atoms with Gasteiger partial charge in [0.1, 0.15) is 12.4 Å². The van der Waals surface area contributed by atoms with Crippen molar-refractivity contribution in [1.82, 2.24) is 15.2 Å². The zero-order chi connectivity index (χ0) is 18.6. The number of aromatic amines is 1. The summed E-state index contributed by atoms with van der Waals surface area (Å²) in [6, 6.07) is 16.9. The Balaban J connectivity index is 1.49. The maximum atomic E-state index is 12.6. The summed E-state index contributed by atoms with van der Waals surface area (Å²) >= 11 is 0. The molecule has 4 rings (SSSR count). The van der Waals surface area contributed by atoms with Gasteiger partial charge in [-0.05, 0) is 37.3 Å². The molecule has 6 nitrogen and oxygen atoms in total. The Morgan fingerprint density at radius 3 is 2.93 bits per heavy atom. The van der Waals surface area contributed by atoms with Gasteiger partial charge in [0.15, 0.2) is 5.69 Å². The van der Waals surface area contributed by atoms with Crippen molar-refractivity contribution < 1.29 is 9.53 Å². The number of rotatable bonds is 5. The number of nitrogens with zero attached hydrogens (tertiary/aromatic N) is 2. The van der Waals surface area contributed by atoms with Crippen molar-refractivity contribution in [2.45, 2.75) is 13.5 Å². The summed E-state index contributed by atoms with van der Waals surface area (Å²) in [4.78, 5) is 16.7. The highest BCUT2D eigenvalue weighted by molar-refractivity contribution is 6.11. The first-order chi connectivity index (χ1) is 13.2. The zero-order valence-corrected chi connectivity index (χ0v) is 14.8. The maximum absolute atomic E-state index is 12.6. The first-order valence-corrected chi connectivity index (χ1v) is 8.57. The van der Waals surface area contributed by atoms with E-state index in [1.54, 1.807) is 18.5 Å². The normalized spacial score (nSPS) is 10.7. The van der Waals surface area contributed by atoms with Gasteiger partial charge in [-0.1, -0.05) is 23.8 Å². The number of hydrogen-bond acceptors (Lipinski definition) is 4. The number of fused-ring (bicyclic) bond motifs is 1. The van der Waals surface area contributed by atoms with Crippen LogP contribution in [0.3, 0.4) is 0 Å². The van der Waals surface area contributed by atoms with E-state index in [1.807, 2.05) is 55.5 Å². The maximum Gasteiger partial charge on any atom is 0.276 e. The SMILES string of the molecule is Cc1ccc2[nH]nc(C(=O)Nc3cccc(OCc4cccnc4)c3)c2c1. The molecule has 0 saturated heterocycles. The Morgan fingerprint density at radius 2 is 2.07 bits per heavy atom. The number of pyridine rings is 1. The lowest BCUT2D eigenvalue weighted by Gasteiger charge is -2.09. The van der Waals surface area contributed by atoms with Crippen molar-refractivity contribution in [2.24, 2.45) is 0 Å². The third-order valence-corrected chi connectivity index (χ3v) is 4.15. The van der Waals surface area contributed by atoms with Gasteiger partial charge in [-0.2, -0.15) is 5.10 Å². The van der Waals surface area contributed by atoms with E-state index in [-0.39, 0.29) is 5.91 Å². The second kappa shape index (κ2) is 7.29. The summed E-state index contributed by atoms with van der Waals surface area (Å²) in [5.41, 5.74) is 3.90. The number of amides is 1. The lowest BCUT2D eigenvalue weighted by Crippen LogP contribution is -2.12. The molecule has 27 heavy (non-hydrogen) atoms. The molecule has 0 aliphatic rings. The number of aryl methyl sites for hydroxylation is 1. The number of aromatic nitrogens is 3. The highest BCUT2D eigenvalue weighted by atomic mass is 16.5. The van der Waals surface area contributed by atoms with Gasteiger partial charge in [0, 0.05) is 35.1 Å². The van der Waals surface area contributed by atoms with E-state index >= 15 is 0 Å². The fraction of sp³-hybridized carbons (Fsp3) is 0.0952. The topological polar surface area (TPSA) is 79.9 Å². The average Bonchev–Trinajstić information content (AvgIpc) is 3.11. The Hall–Kier alpha value is -3.67. The summed E-state index contributed by atoms with van der Waals surface area (Å²) in [6.45, 7) is 2.39. The lowest BCUT2D eigenvalue weighted by molar-refractivity contribution is 0.102. The van der Waals surface area contributed by atoms with Gasteiger partial charge < -0.3 is 10.1 Å². The first kappa shape index (κ1) is 16.8. The van der Waals surface area contributed by atoms with Crippen LogP contribution in [-0.2, 0) is 6.61 Å². The monoisotopic (exact) mass is 358 g/mol. The molecule has 0 fully saturated rings. The average molecular weight is 358 g/mol. The number of carbonyl (C=O) groups excluding carboxylic acids is 1. The minimum Gasteiger partial charge on any atom is -0.489 e. The van der Waals surface area contributed by atoms with E-state index in [9.17, 15) is 4.79 Å². The molecule has 6 heteroatoms. The summed E-state index contributed by atoms with van der Waals surface area (Å²) in [6.07, 6.45) is 3.48. The van der Waals surface area contributed by atoms with Gasteiger partial charge >= 0.3 is 0 Å². The van der Waals surface area contributed by atoms with Crippen molar-refractivity contribution in [3.8, 4) is 5.75 Å². The molecule has 0 bridgehead atoms. The highest BCUT2D eigenvalue weighted by Gasteiger charge is 2.14. The molecule has 134 valence electrons. The van der Waals surface area contributed by atoms with Crippen molar-refractivity contribution in [3.05, 3.63) is 83.8 Å². The van der Waals surface area contributed by atoms with E-state index < -0.39 is 0 Å². The smallest absolute Gasteiger partial charge is 0.276 e. The van der Waals surface area contributed by atoms with E-state index in [0.717, 1.165) is 22.0 Å². The molecule has 2 N–H and O–H groups in total. The van der Waals surface area contributed by atoms with Crippen molar-refractivity contribution >= 4 is 22.5 Å². The molecule has 0 saturated carbocycles. The molecule has 0 unspecified atom stereocenters. The molecule has 0 atom stereocenters. The number of benzene rings is 2. The van der Waals surface area contributed by atoms with Crippen LogP contribution in [0.5, 0.6) is 5.75 Å².